The van der Waals surface area contributed by atoms with E-state index < -0.39 is 5.97 Å². The maximum atomic E-state index is 12.3. The molecule has 0 bridgehead atoms. The lowest BCUT2D eigenvalue weighted by atomic mass is 10.1. The first kappa shape index (κ1) is 25.9. The molecule has 0 aromatic rings. The molecule has 0 saturated carbocycles. The molecule has 29 heavy (non-hydrogen) atoms. The number of hydrogen-bond donors (Lipinski definition) is 1. The van der Waals surface area contributed by atoms with E-state index in [1.807, 2.05) is 4.90 Å². The molecule has 1 heterocycles. The van der Waals surface area contributed by atoms with E-state index in [1.165, 1.54) is 94.6 Å². The van der Waals surface area contributed by atoms with Crippen molar-refractivity contribution in [1.82, 2.24) is 4.90 Å². The Balaban J connectivity index is 2.44. The average molecular weight is 412 g/mol. The average Bonchev–Trinajstić information content (AvgIpc) is 2.72. The Morgan fingerprint density at radius 1 is 0.724 bits per heavy atom. The Morgan fingerprint density at radius 2 is 1.17 bits per heavy atom. The number of amides is 1. The molecule has 0 aromatic heterocycles. The number of hydrogen-bond acceptors (Lipinski definition) is 2. The summed E-state index contributed by atoms with van der Waals surface area (Å²) in [5, 5.41) is 8.82. The second kappa shape index (κ2) is 15.7. The summed E-state index contributed by atoms with van der Waals surface area (Å²) >= 11 is 0. The monoisotopic (exact) mass is 411 g/mol. The van der Waals surface area contributed by atoms with E-state index in [2.05, 4.69) is 13.8 Å². The predicted octanol–water partition coefficient (Wildman–Crippen LogP) is 5.23. The minimum absolute atomic E-state index is 0.0179. The largest absolute Gasteiger partial charge is 0.481 e. The van der Waals surface area contributed by atoms with E-state index in [0.717, 1.165) is 26.2 Å². The molecule has 0 atom stereocenters. The molecule has 1 rings (SSSR count). The van der Waals surface area contributed by atoms with Gasteiger partial charge in [-0.25, -0.2) is 0 Å². The lowest BCUT2D eigenvalue weighted by molar-refractivity contribution is -0.932. The summed E-state index contributed by atoms with van der Waals surface area (Å²) in [4.78, 5) is 24.9. The SMILES string of the molecule is CCCCCCCC[N+]1(CCCCCCCC)CCN(C(=O)CCC(=O)O)CC1. The minimum atomic E-state index is -0.883. The Labute approximate surface area is 179 Å². The van der Waals surface area contributed by atoms with E-state index in [0.29, 0.717) is 0 Å². The molecule has 1 N–H and O–H groups in total. The number of unbranched alkanes of at least 4 members (excludes halogenated alkanes) is 10. The number of rotatable bonds is 17. The summed E-state index contributed by atoms with van der Waals surface area (Å²) in [7, 11) is 0. The third kappa shape index (κ3) is 11.6. The molecule has 1 amide bonds. The van der Waals surface area contributed by atoms with Crippen LogP contribution in [-0.4, -0.2) is 65.6 Å². The number of carbonyl (C=O) groups excluding carboxylic acids is 1. The zero-order chi connectivity index (χ0) is 21.4. The van der Waals surface area contributed by atoms with E-state index in [-0.39, 0.29) is 18.7 Å². The van der Waals surface area contributed by atoms with Crippen molar-refractivity contribution < 1.29 is 19.2 Å². The maximum absolute atomic E-state index is 12.3. The number of nitrogens with zero attached hydrogens (tertiary/aromatic N) is 2. The van der Waals surface area contributed by atoms with Gasteiger partial charge in [0.15, 0.2) is 0 Å². The van der Waals surface area contributed by atoms with Crippen LogP contribution in [0, 0.1) is 0 Å². The van der Waals surface area contributed by atoms with Gasteiger partial charge in [0.25, 0.3) is 0 Å². The molecule has 1 fully saturated rings. The van der Waals surface area contributed by atoms with Gasteiger partial charge in [-0.15, -0.1) is 0 Å². The van der Waals surface area contributed by atoms with Gasteiger partial charge in [0.2, 0.25) is 5.91 Å². The lowest BCUT2D eigenvalue weighted by Gasteiger charge is -2.45. The first-order valence-corrected chi connectivity index (χ1v) is 12.4. The molecule has 5 heteroatoms. The maximum Gasteiger partial charge on any atom is 0.303 e. The fourth-order valence-corrected chi connectivity index (χ4v) is 4.52. The number of piperazine rings is 1. The van der Waals surface area contributed by atoms with Gasteiger partial charge >= 0.3 is 5.97 Å². The van der Waals surface area contributed by atoms with Crippen LogP contribution >= 0.6 is 0 Å². The van der Waals surface area contributed by atoms with Crippen LogP contribution < -0.4 is 0 Å². The number of carboxylic acid groups (broad SMARTS) is 1. The highest BCUT2D eigenvalue weighted by atomic mass is 16.4. The van der Waals surface area contributed by atoms with Crippen molar-refractivity contribution in [1.29, 1.82) is 0 Å². The van der Waals surface area contributed by atoms with Crippen molar-refractivity contribution in [3.8, 4) is 0 Å². The Morgan fingerprint density at radius 3 is 1.62 bits per heavy atom. The van der Waals surface area contributed by atoms with Crippen molar-refractivity contribution in [3.05, 3.63) is 0 Å². The van der Waals surface area contributed by atoms with Gasteiger partial charge in [-0.2, -0.15) is 0 Å². The van der Waals surface area contributed by atoms with Crippen LogP contribution in [0.15, 0.2) is 0 Å². The zero-order valence-electron chi connectivity index (χ0n) is 19.3. The van der Waals surface area contributed by atoms with Gasteiger partial charge in [-0.1, -0.05) is 65.2 Å². The van der Waals surface area contributed by atoms with Gasteiger partial charge in [-0.3, -0.25) is 9.59 Å². The number of carboxylic acids is 1. The van der Waals surface area contributed by atoms with Crippen LogP contribution in [0.2, 0.25) is 0 Å². The molecule has 170 valence electrons. The standard InChI is InChI=1S/C24H46N2O3/c1-3-5-7-9-11-13-19-26(20-14-12-10-8-6-4-2)21-17-25(18-22-26)23(27)15-16-24(28)29/h3-22H2,1-2H3/p+1. The van der Waals surface area contributed by atoms with E-state index in [4.69, 9.17) is 5.11 Å². The van der Waals surface area contributed by atoms with Crippen molar-refractivity contribution in [2.45, 2.75) is 104 Å². The van der Waals surface area contributed by atoms with Crippen LogP contribution in [0.1, 0.15) is 104 Å². The fraction of sp³-hybridized carbons (Fsp3) is 0.917. The molecule has 1 saturated heterocycles. The van der Waals surface area contributed by atoms with E-state index >= 15 is 0 Å². The Hall–Kier alpha value is -1.10. The van der Waals surface area contributed by atoms with Gasteiger partial charge in [0.05, 0.1) is 45.7 Å². The van der Waals surface area contributed by atoms with Gasteiger partial charge < -0.3 is 14.5 Å². The summed E-state index contributed by atoms with van der Waals surface area (Å²) < 4.78 is 1.17. The van der Waals surface area contributed by atoms with Gasteiger partial charge in [0.1, 0.15) is 0 Å². The molecular weight excluding hydrogens is 364 g/mol. The molecule has 1 aliphatic rings. The van der Waals surface area contributed by atoms with Crippen LogP contribution in [0.3, 0.4) is 0 Å². The topological polar surface area (TPSA) is 57.6 Å². The van der Waals surface area contributed by atoms with Crippen LogP contribution in [0.4, 0.5) is 0 Å². The van der Waals surface area contributed by atoms with Crippen molar-refractivity contribution in [2.24, 2.45) is 0 Å². The highest BCUT2D eigenvalue weighted by Crippen LogP contribution is 2.19. The lowest BCUT2D eigenvalue weighted by Crippen LogP contribution is -2.61. The normalized spacial score (nSPS) is 16.1. The highest BCUT2D eigenvalue weighted by Gasteiger charge is 2.33. The third-order valence-corrected chi connectivity index (χ3v) is 6.57. The summed E-state index contributed by atoms with van der Waals surface area (Å²) in [6.45, 7) is 10.7. The second-order valence-electron chi connectivity index (χ2n) is 9.05. The number of quaternary nitrogens is 1. The molecule has 0 radical (unpaired) electrons. The van der Waals surface area contributed by atoms with Crippen molar-refractivity contribution in [3.63, 3.8) is 0 Å². The first-order valence-electron chi connectivity index (χ1n) is 12.4. The van der Waals surface area contributed by atoms with Gasteiger partial charge in [-0.05, 0) is 25.7 Å². The molecule has 5 nitrogen and oxygen atoms in total. The zero-order valence-corrected chi connectivity index (χ0v) is 19.3. The second-order valence-corrected chi connectivity index (χ2v) is 9.05. The minimum Gasteiger partial charge on any atom is -0.481 e. The van der Waals surface area contributed by atoms with Crippen molar-refractivity contribution in [2.75, 3.05) is 39.3 Å². The number of aliphatic carboxylic acids is 1. The summed E-state index contributed by atoms with van der Waals surface area (Å²) in [5.41, 5.74) is 0. The molecule has 0 aliphatic carbocycles. The van der Waals surface area contributed by atoms with Crippen LogP contribution in [0.25, 0.3) is 0 Å². The summed E-state index contributed by atoms with van der Waals surface area (Å²) in [6, 6.07) is 0. The predicted molar refractivity (Wildman–Crippen MR) is 120 cm³/mol. The van der Waals surface area contributed by atoms with E-state index in [9.17, 15) is 9.59 Å². The Kier molecular flexibility index (Phi) is 14.0. The van der Waals surface area contributed by atoms with Gasteiger partial charge in [0, 0.05) is 6.42 Å². The summed E-state index contributed by atoms with van der Waals surface area (Å²) in [5.74, 6) is -0.865. The quantitative estimate of drug-likeness (QED) is 0.263. The fourth-order valence-electron chi connectivity index (χ4n) is 4.52. The molecule has 0 unspecified atom stereocenters. The summed E-state index contributed by atoms with van der Waals surface area (Å²) in [6.07, 6.45) is 16.1. The molecule has 0 spiro atoms. The number of carbonyl (C=O) groups is 2. The van der Waals surface area contributed by atoms with E-state index in [1.54, 1.807) is 0 Å². The van der Waals surface area contributed by atoms with Crippen LogP contribution in [-0.2, 0) is 9.59 Å². The highest BCUT2D eigenvalue weighted by molar-refractivity contribution is 5.80. The molecule has 1 aliphatic heterocycles. The van der Waals surface area contributed by atoms with Crippen LogP contribution in [0.5, 0.6) is 0 Å². The Bertz CT molecular complexity index is 427. The molecule has 0 aromatic carbocycles. The smallest absolute Gasteiger partial charge is 0.303 e. The molecular formula is C24H47N2O3+. The third-order valence-electron chi connectivity index (χ3n) is 6.57. The first-order chi connectivity index (χ1) is 14.0. The van der Waals surface area contributed by atoms with Crippen molar-refractivity contribution >= 4 is 11.9 Å².